The number of carboxylic acid groups (broad SMARTS) is 1. The quantitative estimate of drug-likeness (QED) is 0.111. The summed E-state index contributed by atoms with van der Waals surface area (Å²) in [6.07, 6.45) is 11.6. The lowest BCUT2D eigenvalue weighted by atomic mass is 9.94. The van der Waals surface area contributed by atoms with Crippen LogP contribution >= 0.6 is 0 Å². The van der Waals surface area contributed by atoms with E-state index in [0.29, 0.717) is 60.2 Å². The molecule has 55 heavy (non-hydrogen) atoms. The molecule has 286 valence electrons. The molecule has 11 heteroatoms. The number of hydrogen-bond acceptors (Lipinski definition) is 8. The number of carbonyl (C=O) groups is 3. The van der Waals surface area contributed by atoms with Gasteiger partial charge in [-0.3, -0.25) is 29.3 Å². The number of benzene rings is 2. The number of aliphatic carboxylic acids is 1. The Labute approximate surface area is 322 Å². The minimum atomic E-state index is -0.777. The van der Waals surface area contributed by atoms with Crippen molar-refractivity contribution in [1.82, 2.24) is 20.2 Å². The molecule has 2 saturated carbocycles. The number of rotatable bonds is 13. The molecule has 2 atom stereocenters. The molecule has 2 aliphatic heterocycles. The van der Waals surface area contributed by atoms with Gasteiger partial charge >= 0.3 is 5.97 Å². The molecule has 2 amide bonds. The molecule has 4 N–H and O–H groups in total. The van der Waals surface area contributed by atoms with Crippen molar-refractivity contribution in [3.8, 4) is 11.1 Å². The first kappa shape index (κ1) is 37.0. The zero-order chi connectivity index (χ0) is 38.1. The summed E-state index contributed by atoms with van der Waals surface area (Å²) in [5.41, 5.74) is 10.3. The lowest BCUT2D eigenvalue weighted by Gasteiger charge is -2.33. The second-order valence-corrected chi connectivity index (χ2v) is 15.7. The molecule has 0 bridgehead atoms. The molecule has 2 aromatic carbocycles. The van der Waals surface area contributed by atoms with Crippen molar-refractivity contribution in [3.63, 3.8) is 0 Å². The second kappa shape index (κ2) is 16.0. The third kappa shape index (κ3) is 8.34. The summed E-state index contributed by atoms with van der Waals surface area (Å²) in [6.45, 7) is 7.49. The molecule has 0 radical (unpaired) electrons. The first-order valence-electron chi connectivity index (χ1n) is 19.8. The van der Waals surface area contributed by atoms with Crippen molar-refractivity contribution in [3.05, 3.63) is 106 Å². The summed E-state index contributed by atoms with van der Waals surface area (Å²) in [5, 5.41) is 19.6. The molecule has 2 aromatic heterocycles. The van der Waals surface area contributed by atoms with Crippen molar-refractivity contribution in [1.29, 1.82) is 0 Å². The van der Waals surface area contributed by atoms with Gasteiger partial charge in [-0.25, -0.2) is 0 Å². The Bertz CT molecular complexity index is 2100. The Morgan fingerprint density at radius 3 is 1.91 bits per heavy atom. The Morgan fingerprint density at radius 1 is 0.782 bits per heavy atom. The standard InChI is InChI=1S/C44H50N6O5/c1-26-33(7-5-9-37(26)48-42(51)39-19-35(28-12-13-28)30(22-46-39)21-45-32-16-18-55-25-32)34-8-6-10-38(27(34)2)49-43(52)40-20-36(29-14-15-29)31(23-47-40)24-50-17-4-3-11-41(50)44(53)54/h5-10,19-20,22-23,28-29,32,41,45H,3-4,11-18,21,24-25H2,1-2H3,(H,48,51)(H,49,52)(H,53,54)/t32-,41-/m0/s1. The number of aromatic nitrogens is 2. The van der Waals surface area contributed by atoms with E-state index in [1.165, 1.54) is 5.56 Å². The van der Waals surface area contributed by atoms with Crippen LogP contribution in [0.1, 0.15) is 118 Å². The van der Waals surface area contributed by atoms with Crippen molar-refractivity contribution >= 4 is 29.2 Å². The van der Waals surface area contributed by atoms with Gasteiger partial charge in [0, 0.05) is 49.5 Å². The lowest BCUT2D eigenvalue weighted by molar-refractivity contribution is -0.144. The number of nitrogens with one attached hydrogen (secondary N) is 3. The topological polar surface area (TPSA) is 146 Å². The smallest absolute Gasteiger partial charge is 0.320 e. The van der Waals surface area contributed by atoms with Crippen LogP contribution in [0.5, 0.6) is 0 Å². The third-order valence-electron chi connectivity index (χ3n) is 11.8. The largest absolute Gasteiger partial charge is 0.480 e. The highest BCUT2D eigenvalue weighted by molar-refractivity contribution is 6.05. The van der Waals surface area contributed by atoms with Gasteiger partial charge in [-0.05, 0) is 146 Å². The highest BCUT2D eigenvalue weighted by Gasteiger charge is 2.33. The van der Waals surface area contributed by atoms with Crippen LogP contribution in [0.3, 0.4) is 0 Å². The Morgan fingerprint density at radius 2 is 1.36 bits per heavy atom. The number of pyridine rings is 2. The maximum absolute atomic E-state index is 13.7. The van der Waals surface area contributed by atoms with Crippen LogP contribution in [0, 0.1) is 13.8 Å². The molecule has 2 saturated heterocycles. The van der Waals surface area contributed by atoms with E-state index in [-0.39, 0.29) is 11.8 Å². The van der Waals surface area contributed by atoms with Gasteiger partial charge < -0.3 is 25.8 Å². The van der Waals surface area contributed by atoms with E-state index in [9.17, 15) is 19.5 Å². The van der Waals surface area contributed by atoms with Gasteiger partial charge in [0.25, 0.3) is 11.8 Å². The maximum atomic E-state index is 13.7. The van der Waals surface area contributed by atoms with Crippen molar-refractivity contribution in [2.75, 3.05) is 30.4 Å². The monoisotopic (exact) mass is 742 g/mol. The van der Waals surface area contributed by atoms with Crippen LogP contribution in [-0.4, -0.2) is 69.6 Å². The maximum Gasteiger partial charge on any atom is 0.320 e. The molecule has 2 aliphatic carbocycles. The third-order valence-corrected chi connectivity index (χ3v) is 11.8. The number of nitrogens with zero attached hydrogens (tertiary/aromatic N) is 3. The molecule has 4 heterocycles. The molecule has 11 nitrogen and oxygen atoms in total. The number of hydrogen-bond donors (Lipinski definition) is 4. The fourth-order valence-corrected chi connectivity index (χ4v) is 8.20. The summed E-state index contributed by atoms with van der Waals surface area (Å²) in [6, 6.07) is 15.4. The minimum Gasteiger partial charge on any atom is -0.480 e. The number of ether oxygens (including phenoxy) is 1. The lowest BCUT2D eigenvalue weighted by Crippen LogP contribution is -2.44. The summed E-state index contributed by atoms with van der Waals surface area (Å²) < 4.78 is 5.51. The zero-order valence-corrected chi connectivity index (χ0v) is 31.7. The van der Waals surface area contributed by atoms with Gasteiger partial charge in [0.1, 0.15) is 17.4 Å². The minimum absolute atomic E-state index is 0.245. The van der Waals surface area contributed by atoms with Gasteiger partial charge in [-0.2, -0.15) is 0 Å². The molecule has 4 aliphatic rings. The second-order valence-electron chi connectivity index (χ2n) is 15.7. The van der Waals surface area contributed by atoms with Crippen molar-refractivity contribution in [2.24, 2.45) is 0 Å². The van der Waals surface area contributed by atoms with E-state index in [4.69, 9.17) is 4.74 Å². The van der Waals surface area contributed by atoms with Crippen LogP contribution < -0.4 is 16.0 Å². The fraction of sp³-hybridized carbons (Fsp3) is 0.432. The first-order chi connectivity index (χ1) is 26.7. The van der Waals surface area contributed by atoms with Crippen LogP contribution in [-0.2, 0) is 22.6 Å². The summed E-state index contributed by atoms with van der Waals surface area (Å²) in [4.78, 5) is 50.4. The van der Waals surface area contributed by atoms with Gasteiger partial charge in [0.05, 0.1) is 6.61 Å². The molecule has 0 spiro atoms. The number of likely N-dealkylation sites (tertiary alicyclic amines) is 1. The Kier molecular flexibility index (Phi) is 10.8. The van der Waals surface area contributed by atoms with Crippen LogP contribution in [0.4, 0.5) is 11.4 Å². The SMILES string of the molecule is Cc1c(NC(=O)c2cc(C3CC3)c(CN[C@H]3CCOC3)cn2)cccc1-c1cccc(NC(=O)c2cc(C3CC3)c(CN3CCCC[C@H]3C(=O)O)cn2)c1C. The summed E-state index contributed by atoms with van der Waals surface area (Å²) in [7, 11) is 0. The van der Waals surface area contributed by atoms with E-state index in [1.54, 1.807) is 6.20 Å². The van der Waals surface area contributed by atoms with Gasteiger partial charge in [-0.15, -0.1) is 0 Å². The molecule has 8 rings (SSSR count). The van der Waals surface area contributed by atoms with Crippen LogP contribution in [0.25, 0.3) is 11.1 Å². The van der Waals surface area contributed by atoms with Gasteiger partial charge in [0.15, 0.2) is 0 Å². The van der Waals surface area contributed by atoms with Gasteiger partial charge in [-0.1, -0.05) is 30.7 Å². The number of anilines is 2. The zero-order valence-electron chi connectivity index (χ0n) is 31.7. The van der Waals surface area contributed by atoms with E-state index >= 15 is 0 Å². The summed E-state index contributed by atoms with van der Waals surface area (Å²) in [5.74, 6) is -0.472. The summed E-state index contributed by atoms with van der Waals surface area (Å²) >= 11 is 0. The molecule has 4 fully saturated rings. The highest BCUT2D eigenvalue weighted by Crippen LogP contribution is 2.43. The molecular formula is C44H50N6O5. The fourth-order valence-electron chi connectivity index (χ4n) is 8.20. The first-order valence-corrected chi connectivity index (χ1v) is 19.8. The van der Waals surface area contributed by atoms with Crippen LogP contribution in [0.2, 0.25) is 0 Å². The van der Waals surface area contributed by atoms with E-state index in [0.717, 1.165) is 104 Å². The van der Waals surface area contributed by atoms with Gasteiger partial charge in [0.2, 0.25) is 0 Å². The number of carboxylic acids is 1. The van der Waals surface area contributed by atoms with E-state index < -0.39 is 12.0 Å². The Balaban J connectivity index is 0.971. The number of amides is 2. The molecular weight excluding hydrogens is 693 g/mol. The van der Waals surface area contributed by atoms with E-state index in [2.05, 4.69) is 25.9 Å². The average Bonchev–Trinajstić information content (AvgIpc) is 4.14. The predicted octanol–water partition coefficient (Wildman–Crippen LogP) is 7.34. The predicted molar refractivity (Wildman–Crippen MR) is 211 cm³/mol. The molecule has 4 aromatic rings. The average molecular weight is 743 g/mol. The highest BCUT2D eigenvalue weighted by atomic mass is 16.5. The number of piperidine rings is 1. The van der Waals surface area contributed by atoms with E-state index in [1.807, 2.05) is 73.5 Å². The van der Waals surface area contributed by atoms with Crippen molar-refractivity contribution in [2.45, 2.75) is 102 Å². The Hall–Kier alpha value is -4.97. The molecule has 0 unspecified atom stereocenters. The normalized spacial score (nSPS) is 20.0. The number of carbonyl (C=O) groups excluding carboxylic acids is 2. The van der Waals surface area contributed by atoms with Crippen molar-refractivity contribution < 1.29 is 24.2 Å². The van der Waals surface area contributed by atoms with Crippen LogP contribution in [0.15, 0.2) is 60.9 Å².